The standard InChI is InChI=1S/C18H19O2P/c19-21-18-14(13-7-2-1-3-8-13)10-6-11-16(18)15-9-4-5-12-17(15)20-21/h4-6,9-13,21H,1-3,7-8H2. The molecule has 1 aliphatic heterocycles. The molecule has 0 saturated heterocycles. The zero-order chi connectivity index (χ0) is 14.2. The average molecular weight is 298 g/mol. The number of hydrogen-bond acceptors (Lipinski definition) is 2. The number of benzene rings is 2. The second-order valence-electron chi connectivity index (χ2n) is 5.99. The van der Waals surface area contributed by atoms with Crippen molar-refractivity contribution in [3.05, 3.63) is 48.0 Å². The minimum Gasteiger partial charge on any atom is -0.441 e. The van der Waals surface area contributed by atoms with Crippen LogP contribution in [0.5, 0.6) is 5.75 Å². The van der Waals surface area contributed by atoms with E-state index in [0.29, 0.717) is 5.92 Å². The van der Waals surface area contributed by atoms with Crippen LogP contribution in [-0.2, 0) is 4.57 Å². The molecule has 1 atom stereocenters. The maximum absolute atomic E-state index is 12.7. The summed E-state index contributed by atoms with van der Waals surface area (Å²) in [6.07, 6.45) is 6.33. The Kier molecular flexibility index (Phi) is 3.35. The Labute approximate surface area is 126 Å². The van der Waals surface area contributed by atoms with Crippen LogP contribution in [0.25, 0.3) is 11.1 Å². The van der Waals surface area contributed by atoms with Gasteiger partial charge in [0.05, 0.1) is 5.30 Å². The SMILES string of the molecule is O=[PH]1Oc2ccccc2-c2cccc(C3CCCCC3)c21. The highest BCUT2D eigenvalue weighted by Gasteiger charge is 2.28. The van der Waals surface area contributed by atoms with Crippen molar-refractivity contribution in [2.24, 2.45) is 0 Å². The lowest BCUT2D eigenvalue weighted by Crippen LogP contribution is -2.19. The van der Waals surface area contributed by atoms with Crippen LogP contribution in [0.2, 0.25) is 0 Å². The minimum atomic E-state index is -2.19. The lowest BCUT2D eigenvalue weighted by Gasteiger charge is -2.28. The third-order valence-electron chi connectivity index (χ3n) is 4.73. The van der Waals surface area contributed by atoms with E-state index in [-0.39, 0.29) is 0 Å². The van der Waals surface area contributed by atoms with Crippen LogP contribution in [0.1, 0.15) is 43.6 Å². The quantitative estimate of drug-likeness (QED) is 0.700. The molecule has 3 heteroatoms. The van der Waals surface area contributed by atoms with E-state index in [1.165, 1.54) is 37.7 Å². The van der Waals surface area contributed by atoms with Crippen LogP contribution in [0.3, 0.4) is 0 Å². The van der Waals surface area contributed by atoms with Crippen molar-refractivity contribution < 1.29 is 9.09 Å². The highest BCUT2D eigenvalue weighted by atomic mass is 31.1. The van der Waals surface area contributed by atoms with Gasteiger partial charge >= 0.3 is 0 Å². The molecular weight excluding hydrogens is 279 g/mol. The molecule has 1 heterocycles. The van der Waals surface area contributed by atoms with Crippen molar-refractivity contribution in [1.29, 1.82) is 0 Å². The van der Waals surface area contributed by atoms with Gasteiger partial charge in [-0.15, -0.1) is 0 Å². The Morgan fingerprint density at radius 2 is 1.67 bits per heavy atom. The minimum absolute atomic E-state index is 0.552. The van der Waals surface area contributed by atoms with Gasteiger partial charge in [-0.25, -0.2) is 0 Å². The lowest BCUT2D eigenvalue weighted by molar-refractivity contribution is 0.444. The predicted molar refractivity (Wildman–Crippen MR) is 87.0 cm³/mol. The molecule has 0 aromatic heterocycles. The Hall–Kier alpha value is -1.53. The molecule has 1 fully saturated rings. The van der Waals surface area contributed by atoms with Gasteiger partial charge in [-0.05, 0) is 36.0 Å². The predicted octanol–water partition coefficient (Wildman–Crippen LogP) is 4.89. The monoisotopic (exact) mass is 298 g/mol. The fourth-order valence-corrected chi connectivity index (χ4v) is 5.15. The normalized spacial score (nSPS) is 21.2. The fraction of sp³-hybridized carbons (Fsp3) is 0.333. The summed E-state index contributed by atoms with van der Waals surface area (Å²) in [5.74, 6) is 1.31. The van der Waals surface area contributed by atoms with Crippen LogP contribution in [0.4, 0.5) is 0 Å². The molecule has 2 aromatic carbocycles. The maximum atomic E-state index is 12.7. The number of fused-ring (bicyclic) bond motifs is 3. The third kappa shape index (κ3) is 2.22. The summed E-state index contributed by atoms with van der Waals surface area (Å²) in [5.41, 5.74) is 3.46. The van der Waals surface area contributed by atoms with E-state index in [4.69, 9.17) is 4.52 Å². The van der Waals surface area contributed by atoms with E-state index >= 15 is 0 Å². The van der Waals surface area contributed by atoms with Gasteiger partial charge in [0, 0.05) is 5.56 Å². The molecule has 21 heavy (non-hydrogen) atoms. The van der Waals surface area contributed by atoms with Crippen LogP contribution in [0, 0.1) is 0 Å². The van der Waals surface area contributed by atoms with Gasteiger partial charge in [0.25, 0.3) is 8.03 Å². The van der Waals surface area contributed by atoms with E-state index in [1.807, 2.05) is 18.2 Å². The molecule has 0 spiro atoms. The van der Waals surface area contributed by atoms with Gasteiger partial charge in [-0.2, -0.15) is 0 Å². The highest BCUT2D eigenvalue weighted by molar-refractivity contribution is 7.49. The van der Waals surface area contributed by atoms with Crippen LogP contribution >= 0.6 is 8.03 Å². The van der Waals surface area contributed by atoms with Crippen molar-refractivity contribution in [2.45, 2.75) is 38.0 Å². The van der Waals surface area contributed by atoms with E-state index in [1.54, 1.807) is 0 Å². The molecule has 2 nitrogen and oxygen atoms in total. The summed E-state index contributed by atoms with van der Waals surface area (Å²) >= 11 is 0. The molecule has 1 aliphatic carbocycles. The molecule has 1 unspecified atom stereocenters. The fourth-order valence-electron chi connectivity index (χ4n) is 3.71. The van der Waals surface area contributed by atoms with E-state index in [0.717, 1.165) is 22.2 Å². The zero-order valence-corrected chi connectivity index (χ0v) is 13.0. The summed E-state index contributed by atoms with van der Waals surface area (Å²) in [6, 6.07) is 14.3. The molecule has 0 amide bonds. The second kappa shape index (κ2) is 5.35. The zero-order valence-electron chi connectivity index (χ0n) is 12.0. The topological polar surface area (TPSA) is 26.3 Å². The van der Waals surface area contributed by atoms with Crippen molar-refractivity contribution in [3.63, 3.8) is 0 Å². The first-order valence-corrected chi connectivity index (χ1v) is 9.11. The molecule has 4 rings (SSSR count). The number of hydrogen-bond donors (Lipinski definition) is 0. The molecule has 2 aromatic rings. The van der Waals surface area contributed by atoms with Crippen LogP contribution < -0.4 is 9.83 Å². The van der Waals surface area contributed by atoms with Gasteiger partial charge in [-0.1, -0.05) is 55.7 Å². The summed E-state index contributed by atoms with van der Waals surface area (Å²) in [4.78, 5) is 0. The van der Waals surface area contributed by atoms with Gasteiger partial charge in [0.1, 0.15) is 5.75 Å². The summed E-state index contributed by atoms with van der Waals surface area (Å²) in [6.45, 7) is 0. The van der Waals surface area contributed by atoms with E-state index in [2.05, 4.69) is 24.3 Å². The Bertz CT molecular complexity index is 702. The summed E-state index contributed by atoms with van der Waals surface area (Å²) in [5, 5.41) is 0.980. The first kappa shape index (κ1) is 13.2. The molecule has 2 aliphatic rings. The number of para-hydroxylation sites is 1. The van der Waals surface area contributed by atoms with Gasteiger partial charge in [0.15, 0.2) is 0 Å². The summed E-state index contributed by atoms with van der Waals surface area (Å²) < 4.78 is 18.4. The number of rotatable bonds is 1. The van der Waals surface area contributed by atoms with Gasteiger partial charge in [-0.3, -0.25) is 4.57 Å². The molecule has 1 saturated carbocycles. The highest BCUT2D eigenvalue weighted by Crippen LogP contribution is 2.45. The smallest absolute Gasteiger partial charge is 0.266 e. The Balaban J connectivity index is 1.88. The molecule has 0 bridgehead atoms. The summed E-state index contributed by atoms with van der Waals surface area (Å²) in [7, 11) is -2.19. The first-order chi connectivity index (χ1) is 10.3. The van der Waals surface area contributed by atoms with Crippen molar-refractivity contribution in [1.82, 2.24) is 0 Å². The lowest BCUT2D eigenvalue weighted by atomic mass is 9.83. The molecular formula is C18H19O2P. The molecule has 0 N–H and O–H groups in total. The second-order valence-corrected chi connectivity index (χ2v) is 7.27. The first-order valence-electron chi connectivity index (χ1n) is 7.79. The molecule has 108 valence electrons. The molecule has 0 radical (unpaired) electrons. The largest absolute Gasteiger partial charge is 0.441 e. The van der Waals surface area contributed by atoms with Crippen LogP contribution in [-0.4, -0.2) is 0 Å². The van der Waals surface area contributed by atoms with Crippen molar-refractivity contribution in [3.8, 4) is 16.9 Å². The maximum Gasteiger partial charge on any atom is 0.266 e. The van der Waals surface area contributed by atoms with Gasteiger partial charge in [0.2, 0.25) is 0 Å². The average Bonchev–Trinajstić information content (AvgIpc) is 2.55. The van der Waals surface area contributed by atoms with E-state index < -0.39 is 8.03 Å². The van der Waals surface area contributed by atoms with Crippen molar-refractivity contribution in [2.75, 3.05) is 0 Å². The Morgan fingerprint density at radius 3 is 2.52 bits per heavy atom. The van der Waals surface area contributed by atoms with Crippen LogP contribution in [0.15, 0.2) is 42.5 Å². The Morgan fingerprint density at radius 1 is 0.905 bits per heavy atom. The third-order valence-corrected chi connectivity index (χ3v) is 6.10. The van der Waals surface area contributed by atoms with E-state index in [9.17, 15) is 4.57 Å². The van der Waals surface area contributed by atoms with Gasteiger partial charge < -0.3 is 4.52 Å². The van der Waals surface area contributed by atoms with Crippen molar-refractivity contribution >= 4 is 13.3 Å².